The summed E-state index contributed by atoms with van der Waals surface area (Å²) in [5.74, 6) is 1.22. The van der Waals surface area contributed by atoms with Gasteiger partial charge in [0.05, 0.1) is 11.0 Å². The molecule has 20 heavy (non-hydrogen) atoms. The monoisotopic (exact) mass is 294 g/mol. The van der Waals surface area contributed by atoms with Crippen molar-refractivity contribution in [2.45, 2.75) is 56.4 Å². The quantitative estimate of drug-likeness (QED) is 0.799. The Labute approximate surface area is 121 Å². The Hall–Kier alpha value is -0.870. The van der Waals surface area contributed by atoms with Crippen molar-refractivity contribution >= 4 is 10.1 Å². The van der Waals surface area contributed by atoms with Gasteiger partial charge in [0.25, 0.3) is 10.1 Å². The second-order valence-corrected chi connectivity index (χ2v) is 7.83. The van der Waals surface area contributed by atoms with Crippen LogP contribution in [0, 0.1) is 18.8 Å². The highest BCUT2D eigenvalue weighted by Gasteiger charge is 2.35. The molecule has 2 bridgehead atoms. The van der Waals surface area contributed by atoms with Gasteiger partial charge in [-0.3, -0.25) is 4.18 Å². The van der Waals surface area contributed by atoms with Gasteiger partial charge in [0.15, 0.2) is 0 Å². The van der Waals surface area contributed by atoms with Crippen molar-refractivity contribution in [2.24, 2.45) is 11.8 Å². The highest BCUT2D eigenvalue weighted by Crippen LogP contribution is 2.41. The van der Waals surface area contributed by atoms with E-state index in [0.717, 1.165) is 37.2 Å². The molecule has 4 heteroatoms. The van der Waals surface area contributed by atoms with Gasteiger partial charge in [-0.15, -0.1) is 0 Å². The summed E-state index contributed by atoms with van der Waals surface area (Å²) in [5.41, 5.74) is 1.05. The van der Waals surface area contributed by atoms with Crippen LogP contribution in [0.2, 0.25) is 0 Å². The molecule has 1 atom stereocenters. The minimum atomic E-state index is -3.62. The fourth-order valence-corrected chi connectivity index (χ4v) is 4.69. The standard InChI is InChI=1S/C16H22O3S/c1-12-2-9-15(10-3-12)20(17,18)19-16-11-6-13-4-7-14(16)8-5-13/h2-3,9-10,13-14,16H,4-8,11H2,1H3. The lowest BCUT2D eigenvalue weighted by Gasteiger charge is -2.27. The SMILES string of the molecule is Cc1ccc(S(=O)(=O)OC2CCC3CCC2CC3)cc1. The summed E-state index contributed by atoms with van der Waals surface area (Å²) in [6.45, 7) is 1.95. The van der Waals surface area contributed by atoms with E-state index in [0.29, 0.717) is 5.92 Å². The van der Waals surface area contributed by atoms with E-state index in [9.17, 15) is 8.42 Å². The van der Waals surface area contributed by atoms with Crippen LogP contribution < -0.4 is 0 Å². The van der Waals surface area contributed by atoms with Gasteiger partial charge in [-0.25, -0.2) is 0 Å². The molecule has 4 rings (SSSR count). The fraction of sp³-hybridized carbons (Fsp3) is 0.625. The first-order valence-corrected chi connectivity index (χ1v) is 8.95. The van der Waals surface area contributed by atoms with E-state index >= 15 is 0 Å². The number of rotatable bonds is 3. The van der Waals surface area contributed by atoms with E-state index in [1.165, 1.54) is 12.8 Å². The molecule has 3 nitrogen and oxygen atoms in total. The summed E-state index contributed by atoms with van der Waals surface area (Å²) in [6.07, 6.45) is 6.63. The molecule has 1 aromatic carbocycles. The van der Waals surface area contributed by atoms with Crippen molar-refractivity contribution in [1.29, 1.82) is 0 Å². The van der Waals surface area contributed by atoms with Crippen LogP contribution in [0.3, 0.4) is 0 Å². The minimum Gasteiger partial charge on any atom is -0.263 e. The zero-order valence-corrected chi connectivity index (χ0v) is 12.7. The first kappa shape index (κ1) is 14.1. The van der Waals surface area contributed by atoms with Gasteiger partial charge in [-0.2, -0.15) is 8.42 Å². The molecule has 0 aliphatic heterocycles. The average Bonchev–Trinajstić information content (AvgIpc) is 2.73. The molecule has 3 aliphatic rings. The minimum absolute atomic E-state index is 0.117. The Bertz CT molecular complexity index is 554. The number of benzene rings is 1. The third kappa shape index (κ3) is 2.91. The fourth-order valence-electron chi connectivity index (χ4n) is 3.53. The van der Waals surface area contributed by atoms with Crippen LogP contribution in [0.1, 0.15) is 44.1 Å². The van der Waals surface area contributed by atoms with Gasteiger partial charge in [-0.1, -0.05) is 30.5 Å². The lowest BCUT2D eigenvalue weighted by molar-refractivity contribution is 0.125. The predicted molar refractivity (Wildman–Crippen MR) is 77.9 cm³/mol. The molecule has 0 radical (unpaired) electrons. The Kier molecular flexibility index (Phi) is 3.87. The molecule has 0 saturated heterocycles. The maximum absolute atomic E-state index is 12.4. The molecule has 0 spiro atoms. The van der Waals surface area contributed by atoms with Crippen LogP contribution in [-0.2, 0) is 14.3 Å². The molecular weight excluding hydrogens is 272 g/mol. The number of fused-ring (bicyclic) bond motifs is 4. The van der Waals surface area contributed by atoms with Gasteiger partial charge < -0.3 is 0 Å². The number of hydrogen-bond donors (Lipinski definition) is 0. The molecule has 3 saturated carbocycles. The van der Waals surface area contributed by atoms with Crippen LogP contribution in [0.5, 0.6) is 0 Å². The van der Waals surface area contributed by atoms with Gasteiger partial charge in [-0.05, 0) is 56.6 Å². The lowest BCUT2D eigenvalue weighted by atomic mass is 9.83. The Balaban J connectivity index is 1.77. The summed E-state index contributed by atoms with van der Waals surface area (Å²) in [6, 6.07) is 6.90. The zero-order chi connectivity index (χ0) is 14.2. The molecule has 1 aromatic rings. The summed E-state index contributed by atoms with van der Waals surface area (Å²) in [4.78, 5) is 0.280. The third-order valence-electron chi connectivity index (χ3n) is 4.84. The Morgan fingerprint density at radius 2 is 1.55 bits per heavy atom. The normalized spacial score (nSPS) is 30.1. The van der Waals surface area contributed by atoms with E-state index in [-0.39, 0.29) is 11.0 Å². The summed E-state index contributed by atoms with van der Waals surface area (Å²) >= 11 is 0. The Morgan fingerprint density at radius 3 is 2.20 bits per heavy atom. The first-order chi connectivity index (χ1) is 9.54. The second-order valence-electron chi connectivity index (χ2n) is 6.26. The highest BCUT2D eigenvalue weighted by atomic mass is 32.2. The summed E-state index contributed by atoms with van der Waals surface area (Å²) in [7, 11) is -3.62. The van der Waals surface area contributed by atoms with Gasteiger partial charge in [0.2, 0.25) is 0 Å². The molecular formula is C16H22O3S. The van der Waals surface area contributed by atoms with Crippen LogP contribution in [0.25, 0.3) is 0 Å². The average molecular weight is 294 g/mol. The van der Waals surface area contributed by atoms with Gasteiger partial charge in [0.1, 0.15) is 0 Å². The molecule has 0 N–H and O–H groups in total. The molecule has 1 unspecified atom stereocenters. The van der Waals surface area contributed by atoms with E-state index < -0.39 is 10.1 Å². The van der Waals surface area contributed by atoms with Crippen molar-refractivity contribution in [3.05, 3.63) is 29.8 Å². The van der Waals surface area contributed by atoms with Gasteiger partial charge in [0, 0.05) is 0 Å². The largest absolute Gasteiger partial charge is 0.297 e. The van der Waals surface area contributed by atoms with Crippen molar-refractivity contribution < 1.29 is 12.6 Å². The zero-order valence-electron chi connectivity index (χ0n) is 11.9. The molecule has 0 amide bonds. The first-order valence-electron chi connectivity index (χ1n) is 7.54. The molecule has 0 aromatic heterocycles. The number of hydrogen-bond acceptors (Lipinski definition) is 3. The predicted octanol–water partition coefficient (Wildman–Crippen LogP) is 3.67. The second kappa shape index (κ2) is 5.49. The third-order valence-corrected chi connectivity index (χ3v) is 6.19. The van der Waals surface area contributed by atoms with E-state index in [2.05, 4.69) is 0 Å². The molecule has 3 fully saturated rings. The summed E-state index contributed by atoms with van der Waals surface area (Å²) < 4.78 is 30.3. The molecule has 0 heterocycles. The smallest absolute Gasteiger partial charge is 0.263 e. The van der Waals surface area contributed by atoms with E-state index in [1.54, 1.807) is 12.1 Å². The maximum Gasteiger partial charge on any atom is 0.297 e. The lowest BCUT2D eigenvalue weighted by Crippen LogP contribution is -2.26. The summed E-state index contributed by atoms with van der Waals surface area (Å²) in [5, 5.41) is 0. The van der Waals surface area contributed by atoms with Crippen LogP contribution in [-0.4, -0.2) is 14.5 Å². The van der Waals surface area contributed by atoms with Crippen LogP contribution in [0.15, 0.2) is 29.2 Å². The van der Waals surface area contributed by atoms with Crippen LogP contribution in [0.4, 0.5) is 0 Å². The molecule has 110 valence electrons. The Morgan fingerprint density at radius 1 is 0.950 bits per heavy atom. The van der Waals surface area contributed by atoms with Crippen molar-refractivity contribution in [2.75, 3.05) is 0 Å². The van der Waals surface area contributed by atoms with Crippen molar-refractivity contribution in [3.63, 3.8) is 0 Å². The van der Waals surface area contributed by atoms with E-state index in [1.807, 2.05) is 19.1 Å². The van der Waals surface area contributed by atoms with Gasteiger partial charge >= 0.3 is 0 Å². The van der Waals surface area contributed by atoms with Crippen molar-refractivity contribution in [1.82, 2.24) is 0 Å². The van der Waals surface area contributed by atoms with E-state index in [4.69, 9.17) is 4.18 Å². The molecule has 3 aliphatic carbocycles. The highest BCUT2D eigenvalue weighted by molar-refractivity contribution is 7.86. The maximum atomic E-state index is 12.4. The van der Waals surface area contributed by atoms with Crippen molar-refractivity contribution in [3.8, 4) is 0 Å². The topological polar surface area (TPSA) is 43.4 Å². The number of aryl methyl sites for hydroxylation is 1. The van der Waals surface area contributed by atoms with Crippen LogP contribution >= 0.6 is 0 Å².